The van der Waals surface area contributed by atoms with Crippen LogP contribution in [0.2, 0.25) is 0 Å². The molecule has 0 bridgehead atoms. The van der Waals surface area contributed by atoms with E-state index in [1.165, 1.54) is 12.1 Å². The lowest BCUT2D eigenvalue weighted by Crippen LogP contribution is -2.53. The number of nitrogens with one attached hydrogen (secondary N) is 1. The summed E-state index contributed by atoms with van der Waals surface area (Å²) in [5.74, 6) is -1.61. The van der Waals surface area contributed by atoms with Gasteiger partial charge in [0.05, 0.1) is 17.5 Å². The van der Waals surface area contributed by atoms with Gasteiger partial charge in [-0.1, -0.05) is 19.1 Å². The third-order valence-electron chi connectivity index (χ3n) is 4.64. The summed E-state index contributed by atoms with van der Waals surface area (Å²) in [6.45, 7) is 2.50. The van der Waals surface area contributed by atoms with Crippen LogP contribution in [0, 0.1) is 0 Å². The number of halogens is 3. The Hall–Kier alpha value is -2.09. The maximum absolute atomic E-state index is 12.6. The number of amides is 1. The number of aliphatic carboxylic acids is 1. The number of carboxylic acids is 1. The average molecular weight is 373 g/mol. The zero-order valence-corrected chi connectivity index (χ0v) is 14.4. The molecule has 1 aliphatic heterocycles. The van der Waals surface area contributed by atoms with Crippen LogP contribution in [0.3, 0.4) is 0 Å². The number of rotatable bonds is 6. The molecule has 0 spiro atoms. The fraction of sp³-hybridized carbons (Fsp3) is 0.556. The Morgan fingerprint density at radius 1 is 1.23 bits per heavy atom. The molecule has 2 N–H and O–H groups in total. The zero-order chi connectivity index (χ0) is 19.4. The molecular weight excluding hydrogens is 351 g/mol. The van der Waals surface area contributed by atoms with Crippen molar-refractivity contribution < 1.29 is 32.6 Å². The van der Waals surface area contributed by atoms with Crippen molar-refractivity contribution in [3.8, 4) is 0 Å². The van der Waals surface area contributed by atoms with Crippen LogP contribution in [-0.2, 0) is 20.5 Å². The van der Waals surface area contributed by atoms with Crippen molar-refractivity contribution in [1.29, 1.82) is 0 Å². The largest absolute Gasteiger partial charge is 0.481 e. The summed E-state index contributed by atoms with van der Waals surface area (Å²) in [5.41, 5.74) is -0.950. The van der Waals surface area contributed by atoms with E-state index in [1.54, 1.807) is 6.92 Å². The van der Waals surface area contributed by atoms with E-state index in [0.29, 0.717) is 31.6 Å². The molecule has 0 radical (unpaired) electrons. The number of hydrogen-bond acceptors (Lipinski definition) is 3. The SMILES string of the molecule is CC(CC(=O)NC1(CC(=O)O)CCOCC1)c1ccc(C(F)(F)F)cc1. The molecule has 1 unspecified atom stereocenters. The molecular formula is C18H22F3NO4. The summed E-state index contributed by atoms with van der Waals surface area (Å²) in [6.07, 6.45) is -3.69. The fourth-order valence-electron chi connectivity index (χ4n) is 3.14. The van der Waals surface area contributed by atoms with Gasteiger partial charge in [0.2, 0.25) is 5.91 Å². The summed E-state index contributed by atoms with van der Waals surface area (Å²) in [4.78, 5) is 23.5. The molecule has 1 aromatic carbocycles. The highest BCUT2D eigenvalue weighted by atomic mass is 19.4. The molecule has 1 amide bonds. The Morgan fingerprint density at radius 2 is 1.81 bits per heavy atom. The van der Waals surface area contributed by atoms with Crippen LogP contribution in [-0.4, -0.2) is 35.7 Å². The van der Waals surface area contributed by atoms with Crippen molar-refractivity contribution in [2.24, 2.45) is 0 Å². The molecule has 5 nitrogen and oxygen atoms in total. The standard InChI is InChI=1S/C18H22F3NO4/c1-12(13-2-4-14(5-3-13)18(19,20)21)10-15(23)22-17(11-16(24)25)6-8-26-9-7-17/h2-5,12H,6-11H2,1H3,(H,22,23)(H,24,25). The normalized spacial score (nSPS) is 18.2. The van der Waals surface area contributed by atoms with Gasteiger partial charge in [-0.2, -0.15) is 13.2 Å². The summed E-state index contributed by atoms with van der Waals surface area (Å²) in [6, 6.07) is 4.72. The number of ether oxygens (including phenoxy) is 1. The van der Waals surface area contributed by atoms with Crippen molar-refractivity contribution in [3.63, 3.8) is 0 Å². The minimum Gasteiger partial charge on any atom is -0.481 e. The van der Waals surface area contributed by atoms with E-state index in [9.17, 15) is 22.8 Å². The topological polar surface area (TPSA) is 75.6 Å². The van der Waals surface area contributed by atoms with Gasteiger partial charge in [-0.25, -0.2) is 0 Å². The number of hydrogen-bond donors (Lipinski definition) is 2. The molecule has 0 saturated carbocycles. The van der Waals surface area contributed by atoms with Gasteiger partial charge < -0.3 is 15.2 Å². The maximum Gasteiger partial charge on any atom is 0.416 e. The molecule has 2 rings (SSSR count). The number of alkyl halides is 3. The number of carboxylic acid groups (broad SMARTS) is 1. The highest BCUT2D eigenvalue weighted by Gasteiger charge is 2.36. The van der Waals surface area contributed by atoms with Crippen molar-refractivity contribution in [2.45, 2.75) is 50.2 Å². The van der Waals surface area contributed by atoms with Crippen molar-refractivity contribution in [1.82, 2.24) is 5.32 Å². The third-order valence-corrected chi connectivity index (χ3v) is 4.64. The Labute approximate surface area is 149 Å². The second-order valence-electron chi connectivity index (χ2n) is 6.74. The van der Waals surface area contributed by atoms with Gasteiger partial charge in [0.15, 0.2) is 0 Å². The molecule has 8 heteroatoms. The molecule has 1 heterocycles. The number of benzene rings is 1. The molecule has 1 saturated heterocycles. The van der Waals surface area contributed by atoms with E-state index in [1.807, 2.05) is 0 Å². The van der Waals surface area contributed by atoms with Crippen LogP contribution < -0.4 is 5.32 Å². The lowest BCUT2D eigenvalue weighted by atomic mass is 9.86. The summed E-state index contributed by atoms with van der Waals surface area (Å²) in [5, 5.41) is 11.9. The number of carbonyl (C=O) groups excluding carboxylic acids is 1. The van der Waals surface area contributed by atoms with Crippen LogP contribution in [0.4, 0.5) is 13.2 Å². The maximum atomic E-state index is 12.6. The first-order valence-electron chi connectivity index (χ1n) is 8.39. The van der Waals surface area contributed by atoms with Gasteiger partial charge in [-0.3, -0.25) is 9.59 Å². The Kier molecular flexibility index (Phi) is 6.28. The average Bonchev–Trinajstić information content (AvgIpc) is 2.53. The predicted octanol–water partition coefficient (Wildman–Crippen LogP) is 3.34. The fourth-order valence-corrected chi connectivity index (χ4v) is 3.14. The van der Waals surface area contributed by atoms with Gasteiger partial charge in [0.25, 0.3) is 0 Å². The first kappa shape index (κ1) is 20.2. The summed E-state index contributed by atoms with van der Waals surface area (Å²) >= 11 is 0. The molecule has 1 aromatic rings. The predicted molar refractivity (Wildman–Crippen MR) is 87.7 cm³/mol. The zero-order valence-electron chi connectivity index (χ0n) is 14.4. The van der Waals surface area contributed by atoms with Crippen molar-refractivity contribution >= 4 is 11.9 Å². The Morgan fingerprint density at radius 3 is 2.31 bits per heavy atom. The highest BCUT2D eigenvalue weighted by molar-refractivity contribution is 5.79. The van der Waals surface area contributed by atoms with E-state index in [0.717, 1.165) is 12.1 Å². The summed E-state index contributed by atoms with van der Waals surface area (Å²) < 4.78 is 43.1. The minimum absolute atomic E-state index is 0.0631. The molecule has 144 valence electrons. The van der Waals surface area contributed by atoms with Crippen LogP contribution in [0.25, 0.3) is 0 Å². The first-order chi connectivity index (χ1) is 12.1. The van der Waals surface area contributed by atoms with E-state index in [4.69, 9.17) is 9.84 Å². The van der Waals surface area contributed by atoms with E-state index >= 15 is 0 Å². The van der Waals surface area contributed by atoms with Crippen molar-refractivity contribution in [2.75, 3.05) is 13.2 Å². The highest BCUT2D eigenvalue weighted by Crippen LogP contribution is 2.31. The third kappa shape index (κ3) is 5.45. The second-order valence-corrected chi connectivity index (χ2v) is 6.74. The van der Waals surface area contributed by atoms with Crippen molar-refractivity contribution in [3.05, 3.63) is 35.4 Å². The Balaban J connectivity index is 2.00. The smallest absolute Gasteiger partial charge is 0.416 e. The van der Waals surface area contributed by atoms with E-state index < -0.39 is 23.2 Å². The second kappa shape index (κ2) is 8.07. The van der Waals surface area contributed by atoms with E-state index in [-0.39, 0.29) is 24.7 Å². The Bertz CT molecular complexity index is 637. The molecule has 0 aliphatic carbocycles. The van der Waals surface area contributed by atoms with Gasteiger partial charge >= 0.3 is 12.1 Å². The molecule has 1 fully saturated rings. The van der Waals surface area contributed by atoms with Gasteiger partial charge in [-0.05, 0) is 36.5 Å². The van der Waals surface area contributed by atoms with Crippen LogP contribution in [0.5, 0.6) is 0 Å². The van der Waals surface area contributed by atoms with E-state index in [2.05, 4.69) is 5.32 Å². The monoisotopic (exact) mass is 373 g/mol. The summed E-state index contributed by atoms with van der Waals surface area (Å²) in [7, 11) is 0. The molecule has 0 aromatic heterocycles. The van der Waals surface area contributed by atoms with Crippen LogP contribution in [0.15, 0.2) is 24.3 Å². The lowest BCUT2D eigenvalue weighted by Gasteiger charge is -2.37. The first-order valence-corrected chi connectivity index (χ1v) is 8.39. The van der Waals surface area contributed by atoms with Crippen LogP contribution in [0.1, 0.15) is 49.7 Å². The lowest BCUT2D eigenvalue weighted by molar-refractivity contribution is -0.141. The van der Waals surface area contributed by atoms with Crippen LogP contribution >= 0.6 is 0 Å². The molecule has 1 aliphatic rings. The molecule has 26 heavy (non-hydrogen) atoms. The van der Waals surface area contributed by atoms with Gasteiger partial charge in [0.1, 0.15) is 0 Å². The quantitative estimate of drug-likeness (QED) is 0.802. The minimum atomic E-state index is -4.40. The molecule has 1 atom stereocenters. The number of carbonyl (C=O) groups is 2. The van der Waals surface area contributed by atoms with Gasteiger partial charge in [-0.15, -0.1) is 0 Å². The van der Waals surface area contributed by atoms with Gasteiger partial charge in [0, 0.05) is 19.6 Å².